The number of carbonyl (C=O) groups excluding carboxylic acids is 2. The van der Waals surface area contributed by atoms with Gasteiger partial charge in [-0.1, -0.05) is 256 Å². The van der Waals surface area contributed by atoms with Crippen LogP contribution in [0, 0.1) is 0 Å². The zero-order valence-corrected chi connectivity index (χ0v) is 45.1. The summed E-state index contributed by atoms with van der Waals surface area (Å²) in [6.07, 6.45) is 68.9. The Morgan fingerprint density at radius 3 is 1.07 bits per heavy atom. The molecule has 0 aliphatic rings. The van der Waals surface area contributed by atoms with Crippen LogP contribution in [-0.2, 0) is 14.3 Å². The van der Waals surface area contributed by atoms with E-state index in [4.69, 9.17) is 4.74 Å². The van der Waals surface area contributed by atoms with E-state index in [1.54, 1.807) is 0 Å². The van der Waals surface area contributed by atoms with Crippen molar-refractivity contribution in [1.82, 2.24) is 5.32 Å². The molecule has 0 fully saturated rings. The van der Waals surface area contributed by atoms with Gasteiger partial charge in [-0.15, -0.1) is 0 Å². The van der Waals surface area contributed by atoms with Gasteiger partial charge in [-0.3, -0.25) is 9.59 Å². The minimum Gasteiger partial charge on any atom is -0.466 e. The second-order valence-corrected chi connectivity index (χ2v) is 20.7. The lowest BCUT2D eigenvalue weighted by Crippen LogP contribution is -2.45. The van der Waals surface area contributed by atoms with E-state index < -0.39 is 12.1 Å². The lowest BCUT2D eigenvalue weighted by Gasteiger charge is -2.22. The number of aliphatic hydroxyl groups excluding tert-OH is 2. The van der Waals surface area contributed by atoms with Crippen LogP contribution in [0.2, 0.25) is 0 Å². The number of hydrogen-bond donors (Lipinski definition) is 3. The molecule has 0 rings (SSSR count). The van der Waals surface area contributed by atoms with E-state index in [0.29, 0.717) is 25.9 Å². The molecule has 0 heterocycles. The van der Waals surface area contributed by atoms with Crippen LogP contribution < -0.4 is 5.32 Å². The van der Waals surface area contributed by atoms with E-state index in [1.807, 2.05) is 0 Å². The van der Waals surface area contributed by atoms with Crippen LogP contribution in [0.15, 0.2) is 24.3 Å². The minimum absolute atomic E-state index is 0.0311. The first-order valence-electron chi connectivity index (χ1n) is 30.1. The Kier molecular flexibility index (Phi) is 55.5. The Balaban J connectivity index is 3.48. The van der Waals surface area contributed by atoms with Gasteiger partial charge in [0.2, 0.25) is 5.91 Å². The summed E-state index contributed by atoms with van der Waals surface area (Å²) in [5.74, 6) is -0.0891. The summed E-state index contributed by atoms with van der Waals surface area (Å²) in [4.78, 5) is 24.5. The van der Waals surface area contributed by atoms with Gasteiger partial charge >= 0.3 is 5.97 Å². The molecule has 0 aromatic heterocycles. The molecule has 0 aliphatic carbocycles. The first-order valence-corrected chi connectivity index (χ1v) is 30.1. The highest BCUT2D eigenvalue weighted by atomic mass is 16.5. The SMILES string of the molecule is CCCCCC/C=C\CCCCCCCC(=O)OCCCCC/C=C\CCCCCCCC(=O)NC(CO)C(O)CCCCCCCCCCCCCCCCCCCCCCCCCCC. The van der Waals surface area contributed by atoms with Crippen molar-refractivity contribution in [3.05, 3.63) is 24.3 Å². The molecule has 0 aliphatic heterocycles. The largest absolute Gasteiger partial charge is 0.466 e. The topological polar surface area (TPSA) is 95.9 Å². The van der Waals surface area contributed by atoms with Crippen LogP contribution in [0.25, 0.3) is 0 Å². The quantitative estimate of drug-likeness (QED) is 0.0321. The smallest absolute Gasteiger partial charge is 0.305 e. The maximum atomic E-state index is 12.5. The molecule has 0 bridgehead atoms. The van der Waals surface area contributed by atoms with Crippen LogP contribution >= 0.6 is 0 Å². The Labute approximate surface area is 418 Å². The molecule has 1 amide bonds. The molecule has 67 heavy (non-hydrogen) atoms. The highest BCUT2D eigenvalue weighted by molar-refractivity contribution is 5.76. The fourth-order valence-electron chi connectivity index (χ4n) is 9.34. The van der Waals surface area contributed by atoms with E-state index in [-0.39, 0.29) is 18.5 Å². The molecule has 0 aromatic carbocycles. The third-order valence-electron chi connectivity index (χ3n) is 14.0. The average Bonchev–Trinajstić information content (AvgIpc) is 3.33. The Bertz CT molecular complexity index is 1040. The van der Waals surface area contributed by atoms with Crippen LogP contribution in [0.4, 0.5) is 0 Å². The van der Waals surface area contributed by atoms with Crippen molar-refractivity contribution >= 4 is 11.9 Å². The van der Waals surface area contributed by atoms with Crippen LogP contribution in [-0.4, -0.2) is 47.4 Å². The fraction of sp³-hybridized carbons (Fsp3) is 0.902. The molecular formula is C61H117NO5. The Hall–Kier alpha value is -1.66. The zero-order chi connectivity index (χ0) is 48.6. The van der Waals surface area contributed by atoms with Gasteiger partial charge in [0.15, 0.2) is 0 Å². The molecule has 6 heteroatoms. The van der Waals surface area contributed by atoms with Crippen LogP contribution in [0.5, 0.6) is 0 Å². The number of rotatable bonds is 56. The highest BCUT2D eigenvalue weighted by Gasteiger charge is 2.20. The molecule has 0 aromatic rings. The first kappa shape index (κ1) is 65.3. The number of allylic oxidation sites excluding steroid dienone is 4. The van der Waals surface area contributed by atoms with E-state index in [1.165, 1.54) is 218 Å². The lowest BCUT2D eigenvalue weighted by molar-refractivity contribution is -0.143. The van der Waals surface area contributed by atoms with E-state index in [0.717, 1.165) is 77.0 Å². The van der Waals surface area contributed by atoms with Gasteiger partial charge in [-0.05, 0) is 83.5 Å². The van der Waals surface area contributed by atoms with Gasteiger partial charge in [0, 0.05) is 12.8 Å². The van der Waals surface area contributed by atoms with Gasteiger partial charge in [0.25, 0.3) is 0 Å². The fourth-order valence-corrected chi connectivity index (χ4v) is 9.34. The summed E-state index contributed by atoms with van der Waals surface area (Å²) < 4.78 is 5.44. The standard InChI is InChI=1S/C61H117NO5/c1-3-5-7-9-11-13-15-17-18-19-20-21-22-23-24-25-26-27-28-30-33-37-41-45-49-53-59(64)58(57-63)62-60(65)54-50-46-42-38-34-31-32-36-40-44-48-52-56-67-61(66)55-51-47-43-39-35-29-16-14-12-10-8-6-4-2/h14,16,32,36,58-59,63-64H,3-13,15,17-31,33-35,37-57H2,1-2H3,(H,62,65)/b16-14-,36-32-. The molecule has 0 spiro atoms. The van der Waals surface area contributed by atoms with Crippen molar-refractivity contribution in [2.24, 2.45) is 0 Å². The second-order valence-electron chi connectivity index (χ2n) is 20.7. The number of ether oxygens (including phenoxy) is 1. The third-order valence-corrected chi connectivity index (χ3v) is 14.0. The first-order chi connectivity index (χ1) is 33.0. The van der Waals surface area contributed by atoms with E-state index in [2.05, 4.69) is 43.5 Å². The van der Waals surface area contributed by atoms with Crippen LogP contribution in [0.1, 0.15) is 328 Å². The molecule has 2 atom stereocenters. The Morgan fingerprint density at radius 1 is 0.403 bits per heavy atom. The number of carbonyl (C=O) groups is 2. The summed E-state index contributed by atoms with van der Waals surface area (Å²) in [6.45, 7) is 4.89. The third kappa shape index (κ3) is 53.5. The maximum Gasteiger partial charge on any atom is 0.305 e. The van der Waals surface area contributed by atoms with Gasteiger partial charge in [-0.25, -0.2) is 0 Å². The molecule has 0 radical (unpaired) electrons. The normalized spacial score (nSPS) is 12.7. The number of amides is 1. The molecule has 0 saturated carbocycles. The maximum absolute atomic E-state index is 12.5. The average molecular weight is 945 g/mol. The van der Waals surface area contributed by atoms with Gasteiger partial charge in [-0.2, -0.15) is 0 Å². The van der Waals surface area contributed by atoms with Gasteiger partial charge in [0.05, 0.1) is 25.4 Å². The molecule has 2 unspecified atom stereocenters. The molecular weight excluding hydrogens is 827 g/mol. The highest BCUT2D eigenvalue weighted by Crippen LogP contribution is 2.18. The number of hydrogen-bond acceptors (Lipinski definition) is 5. The van der Waals surface area contributed by atoms with Crippen molar-refractivity contribution in [3.63, 3.8) is 0 Å². The molecule has 6 nitrogen and oxygen atoms in total. The van der Waals surface area contributed by atoms with Crippen molar-refractivity contribution in [3.8, 4) is 0 Å². The van der Waals surface area contributed by atoms with E-state index >= 15 is 0 Å². The summed E-state index contributed by atoms with van der Waals surface area (Å²) in [5, 5.41) is 23.4. The predicted molar refractivity (Wildman–Crippen MR) is 292 cm³/mol. The van der Waals surface area contributed by atoms with Gasteiger partial charge < -0.3 is 20.3 Å². The second kappa shape index (κ2) is 56.9. The lowest BCUT2D eigenvalue weighted by atomic mass is 10.0. The minimum atomic E-state index is -0.682. The number of esters is 1. The summed E-state index contributed by atoms with van der Waals surface area (Å²) >= 11 is 0. The molecule has 3 N–H and O–H groups in total. The van der Waals surface area contributed by atoms with Crippen LogP contribution in [0.3, 0.4) is 0 Å². The molecule has 0 saturated heterocycles. The Morgan fingerprint density at radius 2 is 0.701 bits per heavy atom. The number of nitrogens with one attached hydrogen (secondary N) is 1. The predicted octanol–water partition coefficient (Wildman–Crippen LogP) is 18.6. The summed E-state index contributed by atoms with van der Waals surface area (Å²) in [7, 11) is 0. The zero-order valence-electron chi connectivity index (χ0n) is 45.1. The molecule has 396 valence electrons. The van der Waals surface area contributed by atoms with Crippen molar-refractivity contribution < 1.29 is 24.5 Å². The van der Waals surface area contributed by atoms with Crippen molar-refractivity contribution in [2.45, 2.75) is 341 Å². The monoisotopic (exact) mass is 944 g/mol. The summed E-state index contributed by atoms with van der Waals surface area (Å²) in [6, 6.07) is -0.562. The van der Waals surface area contributed by atoms with E-state index in [9.17, 15) is 19.8 Å². The van der Waals surface area contributed by atoms with Crippen molar-refractivity contribution in [1.29, 1.82) is 0 Å². The van der Waals surface area contributed by atoms with Crippen molar-refractivity contribution in [2.75, 3.05) is 13.2 Å². The summed E-state index contributed by atoms with van der Waals surface area (Å²) in [5.41, 5.74) is 0. The van der Waals surface area contributed by atoms with Gasteiger partial charge in [0.1, 0.15) is 0 Å². The number of unbranched alkanes of at least 4 members (excludes halogenated alkanes) is 41. The number of aliphatic hydroxyl groups is 2.